The van der Waals surface area contributed by atoms with Crippen LogP contribution in [0.1, 0.15) is 49.3 Å². The minimum atomic E-state index is -1.41. The summed E-state index contributed by atoms with van der Waals surface area (Å²) >= 11 is 0. The van der Waals surface area contributed by atoms with Gasteiger partial charge in [-0.25, -0.2) is 9.18 Å². The first-order valence-corrected chi connectivity index (χ1v) is 7.07. The summed E-state index contributed by atoms with van der Waals surface area (Å²) in [6.07, 6.45) is -2.17. The number of aliphatic hydroxyl groups excluding tert-OH is 2. The molecule has 0 spiro atoms. The number of hydrogen-bond acceptors (Lipinski definition) is 6. The number of aldehydes is 1. The number of rotatable bonds is 6. The summed E-state index contributed by atoms with van der Waals surface area (Å²) in [5.74, 6) is -0.808. The van der Waals surface area contributed by atoms with Crippen molar-refractivity contribution >= 4 is 12.4 Å². The highest BCUT2D eigenvalue weighted by atomic mass is 19.1. The lowest BCUT2D eigenvalue weighted by molar-refractivity contribution is 0.00983. The number of amides is 1. The van der Waals surface area contributed by atoms with E-state index in [0.717, 1.165) is 12.3 Å². The zero-order valence-electron chi connectivity index (χ0n) is 13.2. The highest BCUT2D eigenvalue weighted by Gasteiger charge is 2.22. The van der Waals surface area contributed by atoms with Crippen LogP contribution in [0.4, 0.5) is 9.18 Å². The number of nitrogens with zero attached hydrogens (tertiary/aromatic N) is 1. The van der Waals surface area contributed by atoms with E-state index in [9.17, 15) is 24.2 Å². The molecule has 0 bridgehead atoms. The highest BCUT2D eigenvalue weighted by molar-refractivity contribution is 5.75. The van der Waals surface area contributed by atoms with E-state index < -0.39 is 29.7 Å². The molecule has 0 saturated heterocycles. The van der Waals surface area contributed by atoms with Gasteiger partial charge in [0.05, 0.1) is 23.6 Å². The van der Waals surface area contributed by atoms with E-state index >= 15 is 0 Å². The molecule has 0 radical (unpaired) electrons. The number of carbonyl (C=O) groups is 2. The van der Waals surface area contributed by atoms with Crippen molar-refractivity contribution in [3.05, 3.63) is 29.3 Å². The van der Waals surface area contributed by atoms with Gasteiger partial charge >= 0.3 is 6.09 Å². The number of halogens is 1. The number of pyridine rings is 1. The summed E-state index contributed by atoms with van der Waals surface area (Å²) in [5.41, 5.74) is -0.919. The lowest BCUT2D eigenvalue weighted by Gasteiger charge is -2.21. The Hall–Kier alpha value is -2.06. The smallest absolute Gasteiger partial charge is 0.407 e. The number of aromatic nitrogens is 1. The molecule has 2 unspecified atom stereocenters. The van der Waals surface area contributed by atoms with Crippen molar-refractivity contribution in [1.82, 2.24) is 10.3 Å². The maximum atomic E-state index is 13.2. The van der Waals surface area contributed by atoms with Gasteiger partial charge in [0.2, 0.25) is 0 Å². The molecular weight excluding hydrogens is 307 g/mol. The molecule has 1 heterocycles. The van der Waals surface area contributed by atoms with E-state index in [1.165, 1.54) is 0 Å². The summed E-state index contributed by atoms with van der Waals surface area (Å²) in [4.78, 5) is 25.7. The van der Waals surface area contributed by atoms with Gasteiger partial charge in [0.25, 0.3) is 0 Å². The van der Waals surface area contributed by atoms with Gasteiger partial charge in [-0.1, -0.05) is 0 Å². The Morgan fingerprint density at radius 3 is 2.70 bits per heavy atom. The van der Waals surface area contributed by atoms with Crippen LogP contribution in [-0.4, -0.2) is 45.8 Å². The van der Waals surface area contributed by atoms with Crippen molar-refractivity contribution in [1.29, 1.82) is 0 Å². The normalized spacial score (nSPS) is 14.0. The molecule has 0 saturated carbocycles. The van der Waals surface area contributed by atoms with Gasteiger partial charge in [-0.3, -0.25) is 9.78 Å². The van der Waals surface area contributed by atoms with E-state index in [-0.39, 0.29) is 24.2 Å². The molecule has 7 nitrogen and oxygen atoms in total. The summed E-state index contributed by atoms with van der Waals surface area (Å²) in [6, 6.07) is 1.07. The number of aliphatic hydroxyl groups is 2. The molecule has 0 aliphatic heterocycles. The summed E-state index contributed by atoms with van der Waals surface area (Å²) < 4.78 is 18.2. The average molecular weight is 328 g/mol. The standard InChI is InChI=1S/C15H21FN2O5/c1-15(2,3)23-14(22)17-5-4-12(20)13(21)11-6-9(8-19)10(16)7-18-11/h6-8,12-13,20-21H,4-5H2,1-3H3,(H,17,22). The summed E-state index contributed by atoms with van der Waals surface area (Å²) in [6.45, 7) is 5.22. The second kappa shape index (κ2) is 7.98. The van der Waals surface area contributed by atoms with E-state index in [0.29, 0.717) is 6.29 Å². The average Bonchev–Trinajstić information content (AvgIpc) is 2.45. The fraction of sp³-hybridized carbons (Fsp3) is 0.533. The zero-order chi connectivity index (χ0) is 17.6. The van der Waals surface area contributed by atoms with Crippen molar-refractivity contribution in [2.24, 2.45) is 0 Å². The SMILES string of the molecule is CC(C)(C)OC(=O)NCCC(O)C(O)c1cc(C=O)c(F)cn1. The van der Waals surface area contributed by atoms with Gasteiger partial charge in [0.1, 0.15) is 11.7 Å². The van der Waals surface area contributed by atoms with Crippen molar-refractivity contribution in [3.63, 3.8) is 0 Å². The molecule has 2 atom stereocenters. The quantitative estimate of drug-likeness (QED) is 0.680. The predicted molar refractivity (Wildman–Crippen MR) is 79.4 cm³/mol. The highest BCUT2D eigenvalue weighted by Crippen LogP contribution is 2.18. The third-order valence-corrected chi connectivity index (χ3v) is 2.81. The molecule has 3 N–H and O–H groups in total. The van der Waals surface area contributed by atoms with Crippen LogP contribution in [0.15, 0.2) is 12.3 Å². The van der Waals surface area contributed by atoms with Gasteiger partial charge in [0, 0.05) is 6.54 Å². The lowest BCUT2D eigenvalue weighted by Crippen LogP contribution is -2.34. The maximum Gasteiger partial charge on any atom is 0.407 e. The van der Waals surface area contributed by atoms with Crippen LogP contribution in [0.5, 0.6) is 0 Å². The van der Waals surface area contributed by atoms with E-state index in [1.54, 1.807) is 20.8 Å². The molecular formula is C15H21FN2O5. The Balaban J connectivity index is 2.53. The fourth-order valence-corrected chi connectivity index (χ4v) is 1.71. The minimum absolute atomic E-state index is 0.0237. The molecule has 1 aromatic heterocycles. The van der Waals surface area contributed by atoms with Crippen molar-refractivity contribution < 1.29 is 28.9 Å². The molecule has 1 amide bonds. The zero-order valence-corrected chi connectivity index (χ0v) is 13.2. The number of carbonyl (C=O) groups excluding carboxylic acids is 2. The topological polar surface area (TPSA) is 109 Å². The van der Waals surface area contributed by atoms with Gasteiger partial charge in [-0.15, -0.1) is 0 Å². The maximum absolute atomic E-state index is 13.2. The van der Waals surface area contributed by atoms with Crippen LogP contribution in [-0.2, 0) is 4.74 Å². The number of nitrogens with one attached hydrogen (secondary N) is 1. The molecule has 23 heavy (non-hydrogen) atoms. The summed E-state index contributed by atoms with van der Waals surface area (Å²) in [5, 5.41) is 22.3. The molecule has 128 valence electrons. The van der Waals surface area contributed by atoms with Crippen molar-refractivity contribution in [2.75, 3.05) is 6.54 Å². The van der Waals surface area contributed by atoms with Gasteiger partial charge in [0.15, 0.2) is 12.1 Å². The monoisotopic (exact) mass is 328 g/mol. The van der Waals surface area contributed by atoms with Crippen LogP contribution >= 0.6 is 0 Å². The van der Waals surface area contributed by atoms with Crippen molar-refractivity contribution in [2.45, 2.75) is 45.0 Å². The Labute approximate surface area is 133 Å². The van der Waals surface area contributed by atoms with E-state index in [1.807, 2.05) is 0 Å². The van der Waals surface area contributed by atoms with Gasteiger partial charge in [-0.05, 0) is 33.3 Å². The second-order valence-corrected chi connectivity index (χ2v) is 5.98. The first-order valence-electron chi connectivity index (χ1n) is 7.07. The molecule has 0 aliphatic carbocycles. The van der Waals surface area contributed by atoms with Crippen LogP contribution < -0.4 is 5.32 Å². The van der Waals surface area contributed by atoms with E-state index in [4.69, 9.17) is 4.74 Å². The van der Waals surface area contributed by atoms with Crippen LogP contribution in [0.2, 0.25) is 0 Å². The van der Waals surface area contributed by atoms with Crippen LogP contribution in [0, 0.1) is 5.82 Å². The number of hydrogen-bond donors (Lipinski definition) is 3. The Bertz CT molecular complexity index is 559. The van der Waals surface area contributed by atoms with Gasteiger partial charge < -0.3 is 20.3 Å². The number of alkyl carbamates (subject to hydrolysis) is 1. The molecule has 1 rings (SSSR count). The fourth-order valence-electron chi connectivity index (χ4n) is 1.71. The van der Waals surface area contributed by atoms with E-state index in [2.05, 4.69) is 10.3 Å². The molecule has 8 heteroatoms. The minimum Gasteiger partial charge on any atom is -0.444 e. The lowest BCUT2D eigenvalue weighted by atomic mass is 10.1. The van der Waals surface area contributed by atoms with Crippen molar-refractivity contribution in [3.8, 4) is 0 Å². The second-order valence-electron chi connectivity index (χ2n) is 5.98. The first kappa shape index (κ1) is 19.0. The molecule has 0 aromatic carbocycles. The Morgan fingerprint density at radius 2 is 2.13 bits per heavy atom. The van der Waals surface area contributed by atoms with Crippen LogP contribution in [0.3, 0.4) is 0 Å². The van der Waals surface area contributed by atoms with Crippen LogP contribution in [0.25, 0.3) is 0 Å². The van der Waals surface area contributed by atoms with Gasteiger partial charge in [-0.2, -0.15) is 0 Å². The third kappa shape index (κ3) is 6.29. The molecule has 0 fully saturated rings. The third-order valence-electron chi connectivity index (χ3n) is 2.81. The molecule has 1 aromatic rings. The Kier molecular flexibility index (Phi) is 6.59. The first-order chi connectivity index (χ1) is 10.6. The summed E-state index contributed by atoms with van der Waals surface area (Å²) in [7, 11) is 0. The molecule has 0 aliphatic rings. The largest absolute Gasteiger partial charge is 0.444 e. The Morgan fingerprint density at radius 1 is 1.48 bits per heavy atom. The predicted octanol–water partition coefficient (Wildman–Crippen LogP) is 1.34. The number of ether oxygens (including phenoxy) is 1.